The molecule has 6 heteroatoms. The minimum absolute atomic E-state index is 0.286. The molecule has 17 heavy (non-hydrogen) atoms. The summed E-state index contributed by atoms with van der Waals surface area (Å²) in [6, 6.07) is 3.23. The Morgan fingerprint density at radius 1 is 1.35 bits per heavy atom. The third-order valence-electron chi connectivity index (χ3n) is 2.34. The SMILES string of the molecule is CCC(OC(=O)c1ccncc1)[SiH](OC)OC. The summed E-state index contributed by atoms with van der Waals surface area (Å²) in [5, 5.41) is 0. The molecule has 0 aliphatic rings. The minimum Gasteiger partial charge on any atom is -0.457 e. The molecule has 0 saturated heterocycles. The quantitative estimate of drug-likeness (QED) is 0.562. The number of carbonyl (C=O) groups excluding carboxylic acids is 1. The van der Waals surface area contributed by atoms with Gasteiger partial charge < -0.3 is 13.6 Å². The fourth-order valence-electron chi connectivity index (χ4n) is 1.42. The molecular weight excluding hydrogens is 238 g/mol. The van der Waals surface area contributed by atoms with Crippen LogP contribution in [0.1, 0.15) is 23.7 Å². The van der Waals surface area contributed by atoms with Crippen LogP contribution in [0.25, 0.3) is 0 Å². The third kappa shape index (κ3) is 3.92. The fraction of sp³-hybridized carbons (Fsp3) is 0.455. The van der Waals surface area contributed by atoms with Gasteiger partial charge in [-0.1, -0.05) is 6.92 Å². The number of nitrogens with zero attached hydrogens (tertiary/aromatic N) is 1. The first-order chi connectivity index (χ1) is 8.22. The van der Waals surface area contributed by atoms with Crippen molar-refractivity contribution < 1.29 is 18.4 Å². The molecule has 0 N–H and O–H groups in total. The highest BCUT2D eigenvalue weighted by Gasteiger charge is 2.27. The lowest BCUT2D eigenvalue weighted by Gasteiger charge is -2.21. The standard InChI is InChI=1S/C11H17NO4Si/c1-4-10(17(14-2)15-3)16-11(13)9-5-7-12-8-6-9/h5-8,10,17H,4H2,1-3H3. The molecule has 1 aromatic heterocycles. The number of pyridine rings is 1. The molecule has 0 aliphatic heterocycles. The third-order valence-corrected chi connectivity index (χ3v) is 4.49. The zero-order valence-electron chi connectivity index (χ0n) is 10.3. The molecule has 0 bridgehead atoms. The molecule has 1 heterocycles. The van der Waals surface area contributed by atoms with Crippen LogP contribution in [0.5, 0.6) is 0 Å². The second-order valence-electron chi connectivity index (χ2n) is 3.43. The first kappa shape index (κ1) is 13.8. The fourth-order valence-corrected chi connectivity index (χ4v) is 2.84. The monoisotopic (exact) mass is 255 g/mol. The molecule has 0 spiro atoms. The van der Waals surface area contributed by atoms with E-state index in [4.69, 9.17) is 13.6 Å². The van der Waals surface area contributed by atoms with Gasteiger partial charge >= 0.3 is 15.3 Å². The van der Waals surface area contributed by atoms with Crippen LogP contribution in [0, 0.1) is 0 Å². The summed E-state index contributed by atoms with van der Waals surface area (Å²) in [6.07, 6.45) is 3.79. The first-order valence-corrected chi connectivity index (χ1v) is 7.00. The van der Waals surface area contributed by atoms with E-state index in [0.717, 1.165) is 0 Å². The molecule has 94 valence electrons. The zero-order chi connectivity index (χ0) is 12.7. The van der Waals surface area contributed by atoms with Crippen molar-refractivity contribution >= 4 is 15.3 Å². The van der Waals surface area contributed by atoms with E-state index in [0.29, 0.717) is 12.0 Å². The first-order valence-electron chi connectivity index (χ1n) is 5.39. The number of ether oxygens (including phenoxy) is 1. The van der Waals surface area contributed by atoms with Gasteiger partial charge in [-0.2, -0.15) is 0 Å². The van der Waals surface area contributed by atoms with Crippen LogP contribution in [0.4, 0.5) is 0 Å². The maximum Gasteiger partial charge on any atom is 0.363 e. The van der Waals surface area contributed by atoms with Gasteiger partial charge in [-0.25, -0.2) is 4.79 Å². The number of esters is 1. The highest BCUT2D eigenvalue weighted by Crippen LogP contribution is 2.09. The van der Waals surface area contributed by atoms with Gasteiger partial charge in [-0.3, -0.25) is 4.98 Å². The average molecular weight is 255 g/mol. The van der Waals surface area contributed by atoms with Crippen LogP contribution in [0.3, 0.4) is 0 Å². The van der Waals surface area contributed by atoms with E-state index in [1.807, 2.05) is 6.92 Å². The van der Waals surface area contributed by atoms with Gasteiger partial charge in [0.15, 0.2) is 0 Å². The van der Waals surface area contributed by atoms with Crippen molar-refractivity contribution in [3.8, 4) is 0 Å². The predicted molar refractivity (Wildman–Crippen MR) is 64.9 cm³/mol. The Morgan fingerprint density at radius 3 is 2.41 bits per heavy atom. The Bertz CT molecular complexity index is 343. The molecule has 5 nitrogen and oxygen atoms in total. The van der Waals surface area contributed by atoms with Crippen molar-refractivity contribution in [3.05, 3.63) is 30.1 Å². The van der Waals surface area contributed by atoms with Gasteiger partial charge in [0, 0.05) is 26.6 Å². The van der Waals surface area contributed by atoms with Crippen molar-refractivity contribution in [2.24, 2.45) is 0 Å². The highest BCUT2D eigenvalue weighted by molar-refractivity contribution is 6.46. The lowest BCUT2D eigenvalue weighted by molar-refractivity contribution is 0.0357. The Kier molecular flexibility index (Phi) is 5.82. The summed E-state index contributed by atoms with van der Waals surface area (Å²) >= 11 is 0. The maximum atomic E-state index is 11.8. The molecule has 0 saturated carbocycles. The van der Waals surface area contributed by atoms with E-state index in [9.17, 15) is 4.79 Å². The molecule has 1 unspecified atom stereocenters. The molecule has 1 aromatic rings. The van der Waals surface area contributed by atoms with E-state index in [1.54, 1.807) is 38.7 Å². The maximum absolute atomic E-state index is 11.8. The summed E-state index contributed by atoms with van der Waals surface area (Å²) in [7, 11) is 1.20. The summed E-state index contributed by atoms with van der Waals surface area (Å²) in [5.74, 6) is -0.370. The predicted octanol–water partition coefficient (Wildman–Crippen LogP) is 1.07. The minimum atomic E-state index is -1.95. The topological polar surface area (TPSA) is 57.7 Å². The smallest absolute Gasteiger partial charge is 0.363 e. The summed E-state index contributed by atoms with van der Waals surface area (Å²) in [4.78, 5) is 15.7. The molecule has 0 aromatic carbocycles. The Hall–Kier alpha value is -1.24. The van der Waals surface area contributed by atoms with E-state index in [2.05, 4.69) is 4.98 Å². The number of aromatic nitrogens is 1. The van der Waals surface area contributed by atoms with Gasteiger partial charge in [0.2, 0.25) is 0 Å². The second-order valence-corrected chi connectivity index (χ2v) is 5.85. The van der Waals surface area contributed by atoms with Gasteiger partial charge in [-0.05, 0) is 18.6 Å². The molecule has 1 atom stereocenters. The van der Waals surface area contributed by atoms with Gasteiger partial charge in [-0.15, -0.1) is 0 Å². The summed E-state index contributed by atoms with van der Waals surface area (Å²) in [6.45, 7) is 1.93. The van der Waals surface area contributed by atoms with Crippen molar-refractivity contribution in [2.45, 2.75) is 19.1 Å². The van der Waals surface area contributed by atoms with E-state index in [1.165, 1.54) is 0 Å². The Labute approximate surface area is 103 Å². The van der Waals surface area contributed by atoms with Crippen LogP contribution in [-0.2, 0) is 13.6 Å². The van der Waals surface area contributed by atoms with Crippen molar-refractivity contribution in [3.63, 3.8) is 0 Å². The largest absolute Gasteiger partial charge is 0.457 e. The molecule has 0 amide bonds. The van der Waals surface area contributed by atoms with Crippen molar-refractivity contribution in [2.75, 3.05) is 14.2 Å². The van der Waals surface area contributed by atoms with Crippen molar-refractivity contribution in [1.29, 1.82) is 0 Å². The molecule has 0 radical (unpaired) electrons. The Balaban J connectivity index is 2.66. The number of carbonyl (C=O) groups is 1. The van der Waals surface area contributed by atoms with E-state index in [-0.39, 0.29) is 11.7 Å². The molecule has 0 fully saturated rings. The Morgan fingerprint density at radius 2 is 1.94 bits per heavy atom. The van der Waals surface area contributed by atoms with Crippen molar-refractivity contribution in [1.82, 2.24) is 4.98 Å². The van der Waals surface area contributed by atoms with Gasteiger partial charge in [0.05, 0.1) is 5.56 Å². The lowest BCUT2D eigenvalue weighted by atomic mass is 10.3. The summed E-state index contributed by atoms with van der Waals surface area (Å²) in [5.41, 5.74) is 0.198. The zero-order valence-corrected chi connectivity index (χ0v) is 11.4. The van der Waals surface area contributed by atoms with Crippen LogP contribution >= 0.6 is 0 Å². The van der Waals surface area contributed by atoms with Crippen LogP contribution < -0.4 is 0 Å². The summed E-state index contributed by atoms with van der Waals surface area (Å²) < 4.78 is 15.8. The van der Waals surface area contributed by atoms with E-state index < -0.39 is 9.28 Å². The average Bonchev–Trinajstić information content (AvgIpc) is 2.39. The second kappa shape index (κ2) is 7.15. The van der Waals surface area contributed by atoms with Gasteiger partial charge in [0.25, 0.3) is 0 Å². The molecular formula is C11H17NO4Si. The highest BCUT2D eigenvalue weighted by atomic mass is 28.3. The number of hydrogen-bond acceptors (Lipinski definition) is 5. The normalized spacial score (nSPS) is 12.5. The number of rotatable bonds is 6. The number of hydrogen-bond donors (Lipinski definition) is 0. The van der Waals surface area contributed by atoms with Gasteiger partial charge in [0.1, 0.15) is 5.73 Å². The lowest BCUT2D eigenvalue weighted by Crippen LogP contribution is -2.38. The van der Waals surface area contributed by atoms with E-state index >= 15 is 0 Å². The van der Waals surface area contributed by atoms with Crippen LogP contribution in [-0.4, -0.2) is 40.2 Å². The van der Waals surface area contributed by atoms with Crippen LogP contribution in [0.2, 0.25) is 0 Å². The van der Waals surface area contributed by atoms with Crippen LogP contribution in [0.15, 0.2) is 24.5 Å². The molecule has 1 rings (SSSR count). The molecule has 0 aliphatic carbocycles.